The fourth-order valence-electron chi connectivity index (χ4n) is 3.09. The van der Waals surface area contributed by atoms with Gasteiger partial charge >= 0.3 is 0 Å². The number of hydrogen-bond donors (Lipinski definition) is 1. The molecule has 0 aliphatic carbocycles. The highest BCUT2D eigenvalue weighted by Gasteiger charge is 2.21. The predicted molar refractivity (Wildman–Crippen MR) is 91.9 cm³/mol. The van der Waals surface area contributed by atoms with Crippen molar-refractivity contribution in [3.8, 4) is 5.88 Å². The molecule has 3 rings (SSSR count). The molecule has 0 aromatic carbocycles. The van der Waals surface area contributed by atoms with Gasteiger partial charge in [0.05, 0.1) is 13.4 Å². The van der Waals surface area contributed by atoms with Crippen molar-refractivity contribution < 1.29 is 13.2 Å². The summed E-state index contributed by atoms with van der Waals surface area (Å²) >= 11 is 0. The van der Waals surface area contributed by atoms with Gasteiger partial charge in [-0.25, -0.2) is 23.1 Å². The number of methoxy groups -OCH3 is 1. The highest BCUT2D eigenvalue weighted by atomic mass is 32.2. The minimum atomic E-state index is -3.09. The Labute approximate surface area is 141 Å². The van der Waals surface area contributed by atoms with Gasteiger partial charge in [-0.2, -0.15) is 0 Å². The molecule has 1 fully saturated rings. The minimum absolute atomic E-state index is 0.515. The smallest absolute Gasteiger partial charge is 0.239 e. The number of piperidine rings is 1. The van der Waals surface area contributed by atoms with Crippen molar-refractivity contribution >= 4 is 21.4 Å². The number of sulfonamides is 1. The summed E-state index contributed by atoms with van der Waals surface area (Å²) in [5, 5.41) is 0. The van der Waals surface area contributed by atoms with Gasteiger partial charge in [0.2, 0.25) is 15.9 Å². The molecule has 0 radical (unpaired) electrons. The van der Waals surface area contributed by atoms with Crippen LogP contribution in [0.15, 0.2) is 18.7 Å². The minimum Gasteiger partial charge on any atom is -0.479 e. The van der Waals surface area contributed by atoms with Gasteiger partial charge in [-0.05, 0) is 25.2 Å². The molecule has 2 aromatic rings. The molecule has 2 aromatic heterocycles. The number of rotatable bonds is 6. The van der Waals surface area contributed by atoms with Crippen LogP contribution in [0.2, 0.25) is 0 Å². The molecular weight excluding hydrogens is 330 g/mol. The quantitative estimate of drug-likeness (QED) is 0.830. The second-order valence-corrected chi connectivity index (χ2v) is 8.01. The van der Waals surface area contributed by atoms with Gasteiger partial charge in [-0.1, -0.05) is 0 Å². The molecule has 8 nitrogen and oxygen atoms in total. The largest absolute Gasteiger partial charge is 0.479 e. The molecule has 1 N–H and O–H groups in total. The molecule has 0 unspecified atom stereocenters. The summed E-state index contributed by atoms with van der Waals surface area (Å²) in [6.07, 6.45) is 7.59. The van der Waals surface area contributed by atoms with Crippen LogP contribution in [0.5, 0.6) is 5.88 Å². The number of ether oxygens (including phenoxy) is 1. The molecule has 132 valence electrons. The van der Waals surface area contributed by atoms with Crippen molar-refractivity contribution in [1.29, 1.82) is 0 Å². The Morgan fingerprint density at radius 2 is 2.00 bits per heavy atom. The highest BCUT2D eigenvalue weighted by Crippen LogP contribution is 2.26. The highest BCUT2D eigenvalue weighted by molar-refractivity contribution is 7.88. The van der Waals surface area contributed by atoms with Crippen molar-refractivity contribution in [2.75, 3.05) is 37.9 Å². The number of anilines is 1. The predicted octanol–water partition coefficient (Wildman–Crippen LogP) is 0.894. The van der Waals surface area contributed by atoms with Crippen LogP contribution in [0.25, 0.3) is 5.52 Å². The van der Waals surface area contributed by atoms with Gasteiger partial charge in [0, 0.05) is 25.7 Å². The van der Waals surface area contributed by atoms with Crippen LogP contribution in [0.1, 0.15) is 19.3 Å². The zero-order valence-corrected chi connectivity index (χ0v) is 14.8. The normalized spacial score (nSPS) is 16.7. The van der Waals surface area contributed by atoms with E-state index in [0.29, 0.717) is 18.3 Å². The van der Waals surface area contributed by atoms with Crippen molar-refractivity contribution in [3.05, 3.63) is 18.7 Å². The van der Waals surface area contributed by atoms with E-state index in [9.17, 15) is 8.42 Å². The molecule has 0 atom stereocenters. The van der Waals surface area contributed by atoms with Crippen molar-refractivity contribution in [2.45, 2.75) is 19.3 Å². The topological polar surface area (TPSA) is 88.8 Å². The van der Waals surface area contributed by atoms with Crippen LogP contribution in [-0.4, -0.2) is 55.8 Å². The molecule has 0 spiro atoms. The van der Waals surface area contributed by atoms with Crippen LogP contribution in [0.4, 0.5) is 5.82 Å². The number of imidazole rings is 1. The summed E-state index contributed by atoms with van der Waals surface area (Å²) in [5.41, 5.74) is 0.905. The molecule has 9 heteroatoms. The third-order valence-corrected chi connectivity index (χ3v) is 5.15. The van der Waals surface area contributed by atoms with Gasteiger partial charge in [0.15, 0.2) is 0 Å². The molecule has 1 aliphatic heterocycles. The lowest BCUT2D eigenvalue weighted by atomic mass is 9.94. The Hall–Kier alpha value is -1.87. The van der Waals surface area contributed by atoms with Crippen LogP contribution in [0.3, 0.4) is 0 Å². The van der Waals surface area contributed by atoms with Crippen molar-refractivity contribution in [1.82, 2.24) is 19.1 Å². The monoisotopic (exact) mass is 353 g/mol. The number of hydrogen-bond acceptors (Lipinski definition) is 6. The summed E-state index contributed by atoms with van der Waals surface area (Å²) in [4.78, 5) is 10.9. The van der Waals surface area contributed by atoms with E-state index >= 15 is 0 Å². The van der Waals surface area contributed by atoms with Gasteiger partial charge in [-0.3, -0.25) is 4.40 Å². The third-order valence-electron chi connectivity index (χ3n) is 4.43. The molecule has 0 amide bonds. The molecule has 1 aliphatic rings. The van der Waals surface area contributed by atoms with E-state index in [-0.39, 0.29) is 0 Å². The summed E-state index contributed by atoms with van der Waals surface area (Å²) < 4.78 is 31.9. The molecule has 1 saturated heterocycles. The van der Waals surface area contributed by atoms with E-state index < -0.39 is 10.0 Å². The van der Waals surface area contributed by atoms with Gasteiger partial charge in [-0.15, -0.1) is 0 Å². The van der Waals surface area contributed by atoms with E-state index in [1.807, 2.05) is 10.5 Å². The van der Waals surface area contributed by atoms with Crippen molar-refractivity contribution in [2.24, 2.45) is 5.92 Å². The molecule has 0 bridgehead atoms. The molecular formula is C15H23N5O3S. The lowest BCUT2D eigenvalue weighted by Gasteiger charge is -2.32. The fourth-order valence-corrected chi connectivity index (χ4v) is 3.58. The average molecular weight is 353 g/mol. The van der Waals surface area contributed by atoms with E-state index in [4.69, 9.17) is 4.74 Å². The van der Waals surface area contributed by atoms with Crippen LogP contribution in [-0.2, 0) is 10.0 Å². The standard InChI is InChI=1S/C15H23N5O3S/c1-23-15-13-9-14(16-10-20(13)11-17-15)19-7-4-12(5-8-19)3-6-18-24(2,21)22/h9-12,18H,3-8H2,1-2H3. The number of nitrogens with one attached hydrogen (secondary N) is 1. The Balaban J connectivity index is 1.58. The molecule has 3 heterocycles. The first-order valence-corrected chi connectivity index (χ1v) is 9.91. The van der Waals surface area contributed by atoms with Crippen LogP contribution in [0, 0.1) is 5.92 Å². The molecule has 0 saturated carbocycles. The first kappa shape index (κ1) is 17.0. The number of fused-ring (bicyclic) bond motifs is 1. The van der Waals surface area contributed by atoms with E-state index in [0.717, 1.165) is 43.7 Å². The Kier molecular flexibility index (Phi) is 4.91. The SMILES string of the molecule is COc1ncn2cnc(N3CCC(CCNS(C)(=O)=O)CC3)cc12. The zero-order valence-electron chi connectivity index (χ0n) is 14.0. The number of nitrogens with zero attached hydrogens (tertiary/aromatic N) is 4. The summed E-state index contributed by atoms with van der Waals surface area (Å²) in [5.74, 6) is 2.07. The number of aromatic nitrogens is 3. The van der Waals surface area contributed by atoms with E-state index in [1.165, 1.54) is 6.26 Å². The molecule has 24 heavy (non-hydrogen) atoms. The van der Waals surface area contributed by atoms with Crippen LogP contribution >= 0.6 is 0 Å². The lowest BCUT2D eigenvalue weighted by molar-refractivity contribution is 0.380. The maximum absolute atomic E-state index is 11.1. The van der Waals surface area contributed by atoms with Gasteiger partial charge < -0.3 is 9.64 Å². The first-order chi connectivity index (χ1) is 11.5. The second-order valence-electron chi connectivity index (χ2n) is 6.18. The van der Waals surface area contributed by atoms with Gasteiger partial charge in [0.1, 0.15) is 24.0 Å². The third kappa shape index (κ3) is 3.96. The second kappa shape index (κ2) is 6.94. The Morgan fingerprint density at radius 1 is 1.29 bits per heavy atom. The van der Waals surface area contributed by atoms with Crippen molar-refractivity contribution in [3.63, 3.8) is 0 Å². The van der Waals surface area contributed by atoms with Gasteiger partial charge in [0.25, 0.3) is 0 Å². The summed E-state index contributed by atoms with van der Waals surface area (Å²) in [6, 6.07) is 2.00. The fraction of sp³-hybridized carbons (Fsp3) is 0.600. The summed E-state index contributed by atoms with van der Waals surface area (Å²) in [6.45, 7) is 2.35. The Bertz CT molecular complexity index is 797. The maximum atomic E-state index is 11.1. The Morgan fingerprint density at radius 3 is 2.67 bits per heavy atom. The lowest BCUT2D eigenvalue weighted by Crippen LogP contribution is -2.35. The average Bonchev–Trinajstić information content (AvgIpc) is 2.96. The summed E-state index contributed by atoms with van der Waals surface area (Å²) in [7, 11) is -1.48. The van der Waals surface area contributed by atoms with Crippen LogP contribution < -0.4 is 14.4 Å². The first-order valence-electron chi connectivity index (χ1n) is 8.02. The van der Waals surface area contributed by atoms with E-state index in [2.05, 4.69) is 19.6 Å². The maximum Gasteiger partial charge on any atom is 0.239 e. The zero-order chi connectivity index (χ0) is 17.2. The van der Waals surface area contributed by atoms with E-state index in [1.54, 1.807) is 19.8 Å².